The molecule has 5 heteroatoms. The molecule has 0 aliphatic heterocycles. The number of hydrogen-bond acceptors (Lipinski definition) is 2. The van der Waals surface area contributed by atoms with Crippen LogP contribution < -0.4 is 0 Å². The van der Waals surface area contributed by atoms with Gasteiger partial charge in [0.05, 0.1) is 0 Å². The molecule has 1 aromatic carbocycles. The Morgan fingerprint density at radius 3 is 2.79 bits per heavy atom. The van der Waals surface area contributed by atoms with Crippen LogP contribution in [0.1, 0.15) is 31.2 Å². The zero-order valence-corrected chi connectivity index (χ0v) is 11.9. The van der Waals surface area contributed by atoms with E-state index in [0.29, 0.717) is 29.3 Å². The minimum atomic E-state index is -1.39. The van der Waals surface area contributed by atoms with Crippen LogP contribution in [-0.2, 0) is 16.0 Å². The Bertz CT molecular complexity index is 529. The van der Waals surface area contributed by atoms with Gasteiger partial charge in [-0.3, -0.25) is 9.59 Å². The molecule has 0 spiro atoms. The first kappa shape index (κ1) is 14.2. The molecule has 102 valence electrons. The second-order valence-electron chi connectivity index (χ2n) is 4.93. The van der Waals surface area contributed by atoms with Gasteiger partial charge in [0, 0.05) is 10.9 Å². The van der Waals surface area contributed by atoms with Gasteiger partial charge in [-0.05, 0) is 43.0 Å². The molecule has 1 fully saturated rings. The third-order valence-corrected chi connectivity index (χ3v) is 4.47. The normalized spacial score (nSPS) is 23.4. The van der Waals surface area contributed by atoms with Gasteiger partial charge in [0.25, 0.3) is 0 Å². The number of benzene rings is 1. The lowest BCUT2D eigenvalue weighted by atomic mass is 9.69. The van der Waals surface area contributed by atoms with Gasteiger partial charge in [-0.15, -0.1) is 0 Å². The van der Waals surface area contributed by atoms with Crippen molar-refractivity contribution in [2.45, 2.75) is 32.1 Å². The summed E-state index contributed by atoms with van der Waals surface area (Å²) in [6, 6.07) is 4.12. The van der Waals surface area contributed by atoms with Crippen LogP contribution in [0.15, 0.2) is 22.7 Å². The number of ketones is 1. The Morgan fingerprint density at radius 2 is 2.16 bits per heavy atom. The van der Waals surface area contributed by atoms with Crippen LogP contribution in [0, 0.1) is 11.2 Å². The van der Waals surface area contributed by atoms with Crippen molar-refractivity contribution in [2.24, 2.45) is 5.41 Å². The van der Waals surface area contributed by atoms with E-state index in [4.69, 9.17) is 0 Å². The second-order valence-corrected chi connectivity index (χ2v) is 5.78. The molecule has 1 aliphatic rings. The molecule has 1 aliphatic carbocycles. The summed E-state index contributed by atoms with van der Waals surface area (Å²) >= 11 is 3.28. The maximum atomic E-state index is 13.3. The quantitative estimate of drug-likeness (QED) is 0.866. The number of carbonyl (C=O) groups excluding carboxylic acids is 1. The largest absolute Gasteiger partial charge is 0.480 e. The van der Waals surface area contributed by atoms with Crippen LogP contribution in [0.4, 0.5) is 4.39 Å². The van der Waals surface area contributed by atoms with Crippen LogP contribution >= 0.6 is 15.9 Å². The van der Waals surface area contributed by atoms with Gasteiger partial charge in [0.2, 0.25) is 0 Å². The fourth-order valence-electron chi connectivity index (χ4n) is 2.58. The summed E-state index contributed by atoms with van der Waals surface area (Å²) in [7, 11) is 0. The van der Waals surface area contributed by atoms with E-state index in [0.717, 1.165) is 6.42 Å². The molecule has 1 atom stereocenters. The average molecular weight is 329 g/mol. The van der Waals surface area contributed by atoms with Gasteiger partial charge in [0.15, 0.2) is 5.78 Å². The van der Waals surface area contributed by atoms with Gasteiger partial charge in [-0.1, -0.05) is 22.4 Å². The number of carboxylic acid groups (broad SMARTS) is 1. The smallest absolute Gasteiger partial charge is 0.317 e. The zero-order valence-electron chi connectivity index (χ0n) is 10.3. The van der Waals surface area contributed by atoms with Gasteiger partial charge in [-0.2, -0.15) is 0 Å². The monoisotopic (exact) mass is 328 g/mol. The van der Waals surface area contributed by atoms with Crippen molar-refractivity contribution in [3.63, 3.8) is 0 Å². The Morgan fingerprint density at radius 1 is 1.42 bits per heavy atom. The molecule has 1 saturated carbocycles. The van der Waals surface area contributed by atoms with E-state index < -0.39 is 17.2 Å². The third kappa shape index (κ3) is 2.71. The molecular weight excluding hydrogens is 315 g/mol. The highest BCUT2D eigenvalue weighted by atomic mass is 79.9. The highest BCUT2D eigenvalue weighted by Gasteiger charge is 2.47. The van der Waals surface area contributed by atoms with Crippen molar-refractivity contribution in [1.29, 1.82) is 0 Å². The van der Waals surface area contributed by atoms with Crippen molar-refractivity contribution in [1.82, 2.24) is 0 Å². The standard InChI is InChI=1S/C14H14BrFO3/c15-11-5-4-10(16)7-9(11)8-14(13(18)19)6-2-1-3-12(14)17/h4-5,7H,1-3,6,8H2,(H,18,19). The lowest BCUT2D eigenvalue weighted by molar-refractivity contribution is -0.157. The van der Waals surface area contributed by atoms with Crippen LogP contribution in [0.3, 0.4) is 0 Å². The first-order valence-corrected chi connectivity index (χ1v) is 6.96. The van der Waals surface area contributed by atoms with Gasteiger partial charge in [0.1, 0.15) is 11.2 Å². The van der Waals surface area contributed by atoms with Crippen molar-refractivity contribution in [3.05, 3.63) is 34.1 Å². The van der Waals surface area contributed by atoms with Crippen molar-refractivity contribution in [2.75, 3.05) is 0 Å². The van der Waals surface area contributed by atoms with E-state index in [-0.39, 0.29) is 12.2 Å². The Balaban J connectivity index is 2.38. The van der Waals surface area contributed by atoms with Crippen LogP contribution in [0.5, 0.6) is 0 Å². The molecule has 3 nitrogen and oxygen atoms in total. The van der Waals surface area contributed by atoms with Crippen molar-refractivity contribution < 1.29 is 19.1 Å². The molecule has 0 amide bonds. The van der Waals surface area contributed by atoms with Crippen LogP contribution in [-0.4, -0.2) is 16.9 Å². The Hall–Kier alpha value is -1.23. The Kier molecular flexibility index (Phi) is 4.04. The predicted octanol–water partition coefficient (Wildman–Crippen LogP) is 3.34. The molecule has 1 unspecified atom stereocenters. The summed E-state index contributed by atoms with van der Waals surface area (Å²) in [5, 5.41) is 9.45. The number of carbonyl (C=O) groups is 2. The van der Waals surface area contributed by atoms with Crippen molar-refractivity contribution >= 4 is 27.7 Å². The van der Waals surface area contributed by atoms with E-state index in [9.17, 15) is 19.1 Å². The minimum absolute atomic E-state index is 0.0412. The maximum absolute atomic E-state index is 13.3. The molecular formula is C14H14BrFO3. The summed E-state index contributed by atoms with van der Waals surface area (Å²) in [6.45, 7) is 0. The topological polar surface area (TPSA) is 54.4 Å². The average Bonchev–Trinajstić information content (AvgIpc) is 2.36. The van der Waals surface area contributed by atoms with Gasteiger partial charge >= 0.3 is 5.97 Å². The van der Waals surface area contributed by atoms with Crippen LogP contribution in [0.25, 0.3) is 0 Å². The Labute approximate surface area is 118 Å². The number of Topliss-reactive ketones (excluding diaryl/α,β-unsaturated/α-hetero) is 1. The first-order valence-electron chi connectivity index (χ1n) is 6.16. The molecule has 0 saturated heterocycles. The summed E-state index contributed by atoms with van der Waals surface area (Å²) in [5.74, 6) is -1.78. The van der Waals surface area contributed by atoms with Gasteiger partial charge in [-0.25, -0.2) is 4.39 Å². The second kappa shape index (κ2) is 5.41. The van der Waals surface area contributed by atoms with E-state index in [2.05, 4.69) is 15.9 Å². The van der Waals surface area contributed by atoms with E-state index in [1.165, 1.54) is 18.2 Å². The molecule has 2 rings (SSSR count). The molecule has 0 radical (unpaired) electrons. The van der Waals surface area contributed by atoms with E-state index in [1.807, 2.05) is 0 Å². The minimum Gasteiger partial charge on any atom is -0.480 e. The number of halogens is 2. The fourth-order valence-corrected chi connectivity index (χ4v) is 2.97. The van der Waals surface area contributed by atoms with E-state index >= 15 is 0 Å². The molecule has 19 heavy (non-hydrogen) atoms. The number of rotatable bonds is 3. The lowest BCUT2D eigenvalue weighted by Gasteiger charge is -2.32. The summed E-state index contributed by atoms with van der Waals surface area (Å²) < 4.78 is 13.9. The maximum Gasteiger partial charge on any atom is 0.317 e. The third-order valence-electron chi connectivity index (χ3n) is 3.70. The molecule has 1 aromatic rings. The highest BCUT2D eigenvalue weighted by molar-refractivity contribution is 9.10. The lowest BCUT2D eigenvalue weighted by Crippen LogP contribution is -2.43. The summed E-state index contributed by atoms with van der Waals surface area (Å²) in [4.78, 5) is 23.6. The molecule has 0 heterocycles. The zero-order chi connectivity index (χ0) is 14.0. The SMILES string of the molecule is O=C(O)C1(Cc2cc(F)ccc2Br)CCCCC1=O. The molecule has 0 aromatic heterocycles. The van der Waals surface area contributed by atoms with Gasteiger partial charge < -0.3 is 5.11 Å². The molecule has 1 N–H and O–H groups in total. The predicted molar refractivity (Wildman–Crippen MR) is 71.3 cm³/mol. The first-order chi connectivity index (χ1) is 8.95. The number of hydrogen-bond donors (Lipinski definition) is 1. The number of aliphatic carboxylic acids is 1. The number of carboxylic acids is 1. The molecule has 0 bridgehead atoms. The van der Waals surface area contributed by atoms with Crippen LogP contribution in [0.2, 0.25) is 0 Å². The fraction of sp³-hybridized carbons (Fsp3) is 0.429. The van der Waals surface area contributed by atoms with Crippen molar-refractivity contribution in [3.8, 4) is 0 Å². The highest BCUT2D eigenvalue weighted by Crippen LogP contribution is 2.38. The summed E-state index contributed by atoms with van der Waals surface area (Å²) in [5.41, 5.74) is -0.869. The summed E-state index contributed by atoms with van der Waals surface area (Å²) in [6.07, 6.45) is 2.10. The van der Waals surface area contributed by atoms with E-state index in [1.54, 1.807) is 0 Å².